The molecule has 0 amide bonds. The Hall–Kier alpha value is -1.39. The highest BCUT2D eigenvalue weighted by atomic mass is 16.1. The van der Waals surface area contributed by atoms with Crippen molar-refractivity contribution < 1.29 is 0 Å². The third-order valence-corrected chi connectivity index (χ3v) is 5.85. The van der Waals surface area contributed by atoms with Gasteiger partial charge in [0.1, 0.15) is 5.69 Å². The Bertz CT molecular complexity index is 566. The fourth-order valence-electron chi connectivity index (χ4n) is 5.27. The van der Waals surface area contributed by atoms with Crippen LogP contribution in [0.25, 0.3) is 0 Å². The standard InChI is InChI=1S/C15H22N4O/c1-2-12-17-18-14(15(20)19(12)16)13-10-4-8-3-9(6-10)7-11(13)5-8/h8-11,13H,2-7,16H2,1H3. The Balaban J connectivity index is 1.75. The number of aromatic nitrogens is 3. The molecular weight excluding hydrogens is 252 g/mol. The highest BCUT2D eigenvalue weighted by molar-refractivity contribution is 5.15. The van der Waals surface area contributed by atoms with Crippen LogP contribution < -0.4 is 11.4 Å². The fourth-order valence-corrected chi connectivity index (χ4v) is 5.27. The van der Waals surface area contributed by atoms with Crippen molar-refractivity contribution in [1.29, 1.82) is 0 Å². The average molecular weight is 274 g/mol. The van der Waals surface area contributed by atoms with Crippen molar-refractivity contribution >= 4 is 0 Å². The van der Waals surface area contributed by atoms with Gasteiger partial charge in [-0.3, -0.25) is 4.79 Å². The van der Waals surface area contributed by atoms with Gasteiger partial charge in [-0.15, -0.1) is 10.2 Å². The molecule has 4 saturated carbocycles. The van der Waals surface area contributed by atoms with Gasteiger partial charge in [-0.1, -0.05) is 6.92 Å². The minimum Gasteiger partial charge on any atom is -0.335 e. The van der Waals surface area contributed by atoms with Gasteiger partial charge in [0.2, 0.25) is 0 Å². The number of hydrogen-bond acceptors (Lipinski definition) is 4. The van der Waals surface area contributed by atoms with Crippen LogP contribution >= 0.6 is 0 Å². The predicted molar refractivity (Wildman–Crippen MR) is 75.6 cm³/mol. The van der Waals surface area contributed by atoms with Gasteiger partial charge in [0.15, 0.2) is 5.82 Å². The van der Waals surface area contributed by atoms with Gasteiger partial charge in [0.25, 0.3) is 5.56 Å². The maximum Gasteiger partial charge on any atom is 0.294 e. The lowest BCUT2D eigenvalue weighted by atomic mass is 9.51. The molecule has 4 aliphatic carbocycles. The molecule has 0 spiro atoms. The summed E-state index contributed by atoms with van der Waals surface area (Å²) in [6, 6.07) is 0. The molecule has 0 unspecified atom stereocenters. The van der Waals surface area contributed by atoms with Crippen LogP contribution in [0.3, 0.4) is 0 Å². The molecule has 1 aromatic rings. The molecule has 4 bridgehead atoms. The van der Waals surface area contributed by atoms with Crippen LogP contribution in [-0.2, 0) is 6.42 Å². The molecular formula is C15H22N4O. The molecule has 4 fully saturated rings. The second-order valence-electron chi connectivity index (χ2n) is 6.99. The van der Waals surface area contributed by atoms with Gasteiger partial charge >= 0.3 is 0 Å². The molecule has 0 aromatic carbocycles. The zero-order valence-corrected chi connectivity index (χ0v) is 12.0. The first-order chi connectivity index (χ1) is 9.67. The summed E-state index contributed by atoms with van der Waals surface area (Å²) >= 11 is 0. The van der Waals surface area contributed by atoms with E-state index in [1.807, 2.05) is 6.92 Å². The number of nitrogens with zero attached hydrogens (tertiary/aromatic N) is 3. The largest absolute Gasteiger partial charge is 0.335 e. The van der Waals surface area contributed by atoms with Gasteiger partial charge < -0.3 is 5.84 Å². The summed E-state index contributed by atoms with van der Waals surface area (Å²) in [5.41, 5.74) is 0.521. The maximum absolute atomic E-state index is 12.5. The monoisotopic (exact) mass is 274 g/mol. The summed E-state index contributed by atoms with van der Waals surface area (Å²) in [6.45, 7) is 1.94. The van der Waals surface area contributed by atoms with E-state index in [9.17, 15) is 4.79 Å². The fraction of sp³-hybridized carbons (Fsp3) is 0.800. The van der Waals surface area contributed by atoms with Gasteiger partial charge in [0.05, 0.1) is 0 Å². The highest BCUT2D eigenvalue weighted by Crippen LogP contribution is 2.59. The molecule has 5 nitrogen and oxygen atoms in total. The first-order valence-electron chi connectivity index (χ1n) is 7.91. The summed E-state index contributed by atoms with van der Waals surface area (Å²) in [5, 5.41) is 8.47. The van der Waals surface area contributed by atoms with Gasteiger partial charge in [-0.25, -0.2) is 4.68 Å². The van der Waals surface area contributed by atoms with Crippen molar-refractivity contribution in [2.75, 3.05) is 5.84 Å². The summed E-state index contributed by atoms with van der Waals surface area (Å²) in [5.74, 6) is 9.85. The third kappa shape index (κ3) is 1.64. The van der Waals surface area contributed by atoms with Crippen molar-refractivity contribution in [2.45, 2.75) is 51.4 Å². The second-order valence-corrected chi connectivity index (χ2v) is 6.99. The Morgan fingerprint density at radius 1 is 1.10 bits per heavy atom. The van der Waals surface area contributed by atoms with Crippen LogP contribution in [0.5, 0.6) is 0 Å². The van der Waals surface area contributed by atoms with E-state index in [1.165, 1.54) is 36.8 Å². The van der Waals surface area contributed by atoms with E-state index < -0.39 is 0 Å². The topological polar surface area (TPSA) is 73.8 Å². The van der Waals surface area contributed by atoms with E-state index in [0.29, 0.717) is 35.7 Å². The van der Waals surface area contributed by atoms with E-state index in [4.69, 9.17) is 5.84 Å². The highest BCUT2D eigenvalue weighted by Gasteiger charge is 2.50. The molecule has 20 heavy (non-hydrogen) atoms. The van der Waals surface area contributed by atoms with Crippen molar-refractivity contribution in [3.05, 3.63) is 21.9 Å². The summed E-state index contributed by atoms with van der Waals surface area (Å²) < 4.78 is 1.22. The van der Waals surface area contributed by atoms with Crippen molar-refractivity contribution in [3.8, 4) is 0 Å². The maximum atomic E-state index is 12.5. The smallest absolute Gasteiger partial charge is 0.294 e. The zero-order valence-electron chi connectivity index (χ0n) is 12.0. The summed E-state index contributed by atoms with van der Waals surface area (Å²) in [6.07, 6.45) is 7.16. The lowest BCUT2D eigenvalue weighted by molar-refractivity contribution is -0.00512. The van der Waals surface area contributed by atoms with E-state index in [1.54, 1.807) is 0 Å². The van der Waals surface area contributed by atoms with Crippen LogP contribution in [0, 0.1) is 23.7 Å². The quantitative estimate of drug-likeness (QED) is 0.828. The number of nitrogen functional groups attached to an aromatic ring is 1. The predicted octanol–water partition coefficient (Wildman–Crippen LogP) is 1.45. The number of aryl methyl sites for hydroxylation is 1. The SMILES string of the molecule is CCc1nnc(C2C3CC4CC(C3)CC2C4)c(=O)n1N. The minimum absolute atomic E-state index is 0.116. The lowest BCUT2D eigenvalue weighted by Gasteiger charge is -2.53. The molecule has 1 aromatic heterocycles. The van der Waals surface area contributed by atoms with E-state index >= 15 is 0 Å². The zero-order chi connectivity index (χ0) is 13.9. The third-order valence-electron chi connectivity index (χ3n) is 5.85. The van der Waals surface area contributed by atoms with E-state index in [2.05, 4.69) is 10.2 Å². The Labute approximate surface area is 118 Å². The van der Waals surface area contributed by atoms with Gasteiger partial charge in [-0.05, 0) is 55.8 Å². The molecule has 4 aliphatic rings. The van der Waals surface area contributed by atoms with Crippen LogP contribution in [0.1, 0.15) is 56.5 Å². The van der Waals surface area contributed by atoms with Crippen molar-refractivity contribution in [1.82, 2.24) is 14.9 Å². The Morgan fingerprint density at radius 3 is 2.25 bits per heavy atom. The first-order valence-corrected chi connectivity index (χ1v) is 7.91. The Kier molecular flexibility index (Phi) is 2.66. The summed E-state index contributed by atoms with van der Waals surface area (Å²) in [4.78, 5) is 12.5. The average Bonchev–Trinajstić information content (AvgIpc) is 2.42. The van der Waals surface area contributed by atoms with Crippen LogP contribution in [0.2, 0.25) is 0 Å². The molecule has 0 atom stereocenters. The van der Waals surface area contributed by atoms with E-state index in [-0.39, 0.29) is 5.56 Å². The number of rotatable bonds is 2. The second kappa shape index (κ2) is 4.30. The molecule has 0 radical (unpaired) electrons. The van der Waals surface area contributed by atoms with Crippen LogP contribution in [-0.4, -0.2) is 14.9 Å². The molecule has 5 heteroatoms. The minimum atomic E-state index is -0.116. The molecule has 0 aliphatic heterocycles. The Morgan fingerprint density at radius 2 is 1.70 bits per heavy atom. The first kappa shape index (κ1) is 12.4. The van der Waals surface area contributed by atoms with Gasteiger partial charge in [0, 0.05) is 12.3 Å². The molecule has 2 N–H and O–H groups in total. The number of nitrogens with two attached hydrogens (primary N) is 1. The molecule has 0 saturated heterocycles. The van der Waals surface area contributed by atoms with Gasteiger partial charge in [-0.2, -0.15) is 0 Å². The number of hydrogen-bond donors (Lipinski definition) is 1. The molecule has 108 valence electrons. The van der Waals surface area contributed by atoms with Crippen LogP contribution in [0.15, 0.2) is 4.79 Å². The normalized spacial score (nSPS) is 38.4. The van der Waals surface area contributed by atoms with Crippen molar-refractivity contribution in [2.24, 2.45) is 23.7 Å². The van der Waals surface area contributed by atoms with E-state index in [0.717, 1.165) is 11.8 Å². The molecule has 5 rings (SSSR count). The lowest BCUT2D eigenvalue weighted by Crippen LogP contribution is -2.47. The molecule has 1 heterocycles. The summed E-state index contributed by atoms with van der Waals surface area (Å²) in [7, 11) is 0. The van der Waals surface area contributed by atoms with Crippen molar-refractivity contribution in [3.63, 3.8) is 0 Å². The van der Waals surface area contributed by atoms with Crippen LogP contribution in [0.4, 0.5) is 0 Å².